The third-order valence-corrected chi connectivity index (χ3v) is 4.76. The molecule has 21 heavy (non-hydrogen) atoms. The van der Waals surface area contributed by atoms with E-state index in [9.17, 15) is 4.79 Å². The number of carbonyl (C=O) groups is 1. The zero-order valence-electron chi connectivity index (χ0n) is 12.3. The molecule has 0 aliphatic carbocycles. The van der Waals surface area contributed by atoms with Crippen molar-refractivity contribution in [2.45, 2.75) is 25.8 Å². The number of carbonyl (C=O) groups excluding carboxylic acids is 1. The molecule has 3 heterocycles. The van der Waals surface area contributed by atoms with Gasteiger partial charge in [-0.3, -0.25) is 9.89 Å². The summed E-state index contributed by atoms with van der Waals surface area (Å²) in [5.74, 6) is 0.264. The van der Waals surface area contributed by atoms with Gasteiger partial charge in [0.05, 0.1) is 30.6 Å². The molecule has 0 aromatic carbocycles. The van der Waals surface area contributed by atoms with E-state index in [4.69, 9.17) is 4.74 Å². The van der Waals surface area contributed by atoms with E-state index in [1.165, 1.54) is 9.75 Å². The predicted molar refractivity (Wildman–Crippen MR) is 81.6 cm³/mol. The van der Waals surface area contributed by atoms with Crippen LogP contribution in [-0.2, 0) is 11.3 Å². The maximum Gasteiger partial charge on any atom is 0.257 e. The summed E-state index contributed by atoms with van der Waals surface area (Å²) in [5.41, 5.74) is 1.58. The molecule has 1 amide bonds. The highest BCUT2D eigenvalue weighted by Crippen LogP contribution is 2.27. The standard InChI is InChI=1S/C15H19N3O2S/c1-10-3-4-12(21-10)8-18(2)15(19)13-7-16-17-14(13)11-5-6-20-9-11/h3-4,7,11H,5-6,8-9H2,1-2H3,(H,16,17)/t11-/m1/s1. The Hall–Kier alpha value is -1.66. The summed E-state index contributed by atoms with van der Waals surface area (Å²) >= 11 is 1.72. The Balaban J connectivity index is 1.74. The maximum atomic E-state index is 12.6. The second-order valence-corrected chi connectivity index (χ2v) is 6.80. The Bertz CT molecular complexity index is 628. The second kappa shape index (κ2) is 5.99. The first-order chi connectivity index (χ1) is 10.1. The first-order valence-corrected chi connectivity index (χ1v) is 7.88. The number of aryl methyl sites for hydroxylation is 1. The van der Waals surface area contributed by atoms with Crippen LogP contribution in [0.4, 0.5) is 0 Å². The van der Waals surface area contributed by atoms with Crippen LogP contribution < -0.4 is 0 Å². The van der Waals surface area contributed by atoms with Gasteiger partial charge in [-0.05, 0) is 25.5 Å². The number of hydrogen-bond donors (Lipinski definition) is 1. The van der Waals surface area contributed by atoms with E-state index in [0.29, 0.717) is 18.7 Å². The molecule has 1 fully saturated rings. The predicted octanol–water partition coefficient (Wildman–Crippen LogP) is 2.56. The Morgan fingerprint density at radius 3 is 3.10 bits per heavy atom. The van der Waals surface area contributed by atoms with Crippen LogP contribution in [0.25, 0.3) is 0 Å². The van der Waals surface area contributed by atoms with Crippen LogP contribution in [0.1, 0.15) is 38.1 Å². The minimum Gasteiger partial charge on any atom is -0.381 e. The van der Waals surface area contributed by atoms with Crippen LogP contribution in [0.5, 0.6) is 0 Å². The van der Waals surface area contributed by atoms with Gasteiger partial charge in [-0.25, -0.2) is 0 Å². The van der Waals surface area contributed by atoms with Crippen molar-refractivity contribution in [3.8, 4) is 0 Å². The third-order valence-electron chi connectivity index (χ3n) is 3.77. The zero-order valence-corrected chi connectivity index (χ0v) is 13.1. The first kappa shape index (κ1) is 14.3. The molecule has 2 aromatic rings. The Morgan fingerprint density at radius 2 is 2.43 bits per heavy atom. The molecule has 0 spiro atoms. The molecule has 1 N–H and O–H groups in total. The summed E-state index contributed by atoms with van der Waals surface area (Å²) in [5, 5.41) is 7.03. The van der Waals surface area contributed by atoms with Gasteiger partial charge in [0.25, 0.3) is 5.91 Å². The van der Waals surface area contributed by atoms with Crippen LogP contribution in [-0.4, -0.2) is 41.3 Å². The summed E-state index contributed by atoms with van der Waals surface area (Å²) in [4.78, 5) is 16.8. The summed E-state index contributed by atoms with van der Waals surface area (Å²) < 4.78 is 5.40. The minimum atomic E-state index is 0.0108. The van der Waals surface area contributed by atoms with Crippen molar-refractivity contribution in [2.75, 3.05) is 20.3 Å². The average molecular weight is 305 g/mol. The highest BCUT2D eigenvalue weighted by atomic mass is 32.1. The SMILES string of the molecule is Cc1ccc(CN(C)C(=O)c2cn[nH]c2[C@@H]2CCOC2)s1. The fraction of sp³-hybridized carbons (Fsp3) is 0.467. The van der Waals surface area contributed by atoms with Crippen molar-refractivity contribution in [2.24, 2.45) is 0 Å². The number of thiophene rings is 1. The number of ether oxygens (including phenoxy) is 1. The van der Waals surface area contributed by atoms with Gasteiger partial charge in [0.15, 0.2) is 0 Å². The number of rotatable bonds is 4. The van der Waals surface area contributed by atoms with Gasteiger partial charge in [0.2, 0.25) is 0 Å². The van der Waals surface area contributed by atoms with E-state index in [1.54, 1.807) is 22.4 Å². The van der Waals surface area contributed by atoms with Gasteiger partial charge in [0, 0.05) is 29.3 Å². The fourth-order valence-corrected chi connectivity index (χ4v) is 3.57. The van der Waals surface area contributed by atoms with Crippen molar-refractivity contribution in [1.82, 2.24) is 15.1 Å². The van der Waals surface area contributed by atoms with Crippen LogP contribution in [0.15, 0.2) is 18.3 Å². The topological polar surface area (TPSA) is 58.2 Å². The maximum absolute atomic E-state index is 12.6. The van der Waals surface area contributed by atoms with Crippen LogP contribution in [0.3, 0.4) is 0 Å². The average Bonchev–Trinajstić information content (AvgIpc) is 3.18. The molecule has 0 saturated carbocycles. The highest BCUT2D eigenvalue weighted by Gasteiger charge is 2.26. The van der Waals surface area contributed by atoms with Gasteiger partial charge in [0.1, 0.15) is 0 Å². The molecule has 0 unspecified atom stereocenters. The van der Waals surface area contributed by atoms with Crippen LogP contribution in [0.2, 0.25) is 0 Å². The molecule has 1 aliphatic heterocycles. The molecule has 6 heteroatoms. The first-order valence-electron chi connectivity index (χ1n) is 7.07. The van der Waals surface area contributed by atoms with Crippen molar-refractivity contribution in [3.63, 3.8) is 0 Å². The van der Waals surface area contributed by atoms with E-state index in [1.807, 2.05) is 7.05 Å². The van der Waals surface area contributed by atoms with Gasteiger partial charge in [-0.2, -0.15) is 5.10 Å². The molecule has 5 nitrogen and oxygen atoms in total. The minimum absolute atomic E-state index is 0.0108. The number of aromatic amines is 1. The molecule has 2 aromatic heterocycles. The van der Waals surface area contributed by atoms with E-state index in [-0.39, 0.29) is 11.8 Å². The summed E-state index contributed by atoms with van der Waals surface area (Å²) in [6, 6.07) is 4.16. The lowest BCUT2D eigenvalue weighted by molar-refractivity contribution is 0.0785. The summed E-state index contributed by atoms with van der Waals surface area (Å²) in [6.45, 7) is 4.12. The molecule has 1 saturated heterocycles. The normalized spacial score (nSPS) is 18.1. The molecule has 112 valence electrons. The molecular weight excluding hydrogens is 286 g/mol. The third kappa shape index (κ3) is 3.01. The molecule has 0 bridgehead atoms. The smallest absolute Gasteiger partial charge is 0.257 e. The number of amides is 1. The van der Waals surface area contributed by atoms with Crippen molar-refractivity contribution >= 4 is 17.2 Å². The number of H-pyrrole nitrogens is 1. The quantitative estimate of drug-likeness (QED) is 0.944. The largest absolute Gasteiger partial charge is 0.381 e. The number of nitrogens with zero attached hydrogens (tertiary/aromatic N) is 2. The number of aromatic nitrogens is 2. The number of hydrogen-bond acceptors (Lipinski definition) is 4. The Kier molecular flexibility index (Phi) is 4.07. The zero-order chi connectivity index (χ0) is 14.8. The number of nitrogens with one attached hydrogen (secondary N) is 1. The van der Waals surface area contributed by atoms with E-state index >= 15 is 0 Å². The lowest BCUT2D eigenvalue weighted by Gasteiger charge is -2.17. The van der Waals surface area contributed by atoms with E-state index in [2.05, 4.69) is 29.3 Å². The van der Waals surface area contributed by atoms with Crippen molar-refractivity contribution in [3.05, 3.63) is 39.3 Å². The van der Waals surface area contributed by atoms with Crippen LogP contribution >= 0.6 is 11.3 Å². The lowest BCUT2D eigenvalue weighted by atomic mass is 10.0. The molecule has 1 atom stereocenters. The van der Waals surface area contributed by atoms with Gasteiger partial charge in [-0.15, -0.1) is 11.3 Å². The Labute approximate surface area is 127 Å². The molecule has 0 radical (unpaired) electrons. The van der Waals surface area contributed by atoms with Gasteiger partial charge >= 0.3 is 0 Å². The second-order valence-electron chi connectivity index (χ2n) is 5.43. The van der Waals surface area contributed by atoms with Crippen molar-refractivity contribution < 1.29 is 9.53 Å². The molecular formula is C15H19N3O2S. The van der Waals surface area contributed by atoms with Gasteiger partial charge < -0.3 is 9.64 Å². The summed E-state index contributed by atoms with van der Waals surface area (Å²) in [6.07, 6.45) is 2.57. The summed E-state index contributed by atoms with van der Waals surface area (Å²) in [7, 11) is 1.83. The van der Waals surface area contributed by atoms with E-state index in [0.717, 1.165) is 18.7 Å². The monoisotopic (exact) mass is 305 g/mol. The lowest BCUT2D eigenvalue weighted by Crippen LogP contribution is -2.26. The van der Waals surface area contributed by atoms with Crippen molar-refractivity contribution in [1.29, 1.82) is 0 Å². The van der Waals surface area contributed by atoms with Gasteiger partial charge in [-0.1, -0.05) is 0 Å². The van der Waals surface area contributed by atoms with E-state index < -0.39 is 0 Å². The molecule has 1 aliphatic rings. The highest BCUT2D eigenvalue weighted by molar-refractivity contribution is 7.11. The Morgan fingerprint density at radius 1 is 1.57 bits per heavy atom. The van der Waals surface area contributed by atoms with Crippen LogP contribution in [0, 0.1) is 6.92 Å². The molecule has 3 rings (SSSR count). The fourth-order valence-electron chi connectivity index (χ4n) is 2.62.